The summed E-state index contributed by atoms with van der Waals surface area (Å²) >= 11 is 0. The first-order valence-electron chi connectivity index (χ1n) is 6.67. The molecule has 3 nitrogen and oxygen atoms in total. The van der Waals surface area contributed by atoms with E-state index in [-0.39, 0.29) is 0 Å². The average Bonchev–Trinajstić information content (AvgIpc) is 2.90. The molecule has 0 spiro atoms. The Bertz CT molecular complexity index is 789. The maximum absolute atomic E-state index is 8.84. The lowest BCUT2D eigenvalue weighted by Gasteiger charge is -2.06. The van der Waals surface area contributed by atoms with E-state index in [9.17, 15) is 0 Å². The number of hydrogen-bond acceptors (Lipinski definition) is 2. The lowest BCUT2D eigenvalue weighted by Crippen LogP contribution is -1.96. The predicted octanol–water partition coefficient (Wildman–Crippen LogP) is 4.02. The van der Waals surface area contributed by atoms with E-state index in [1.807, 2.05) is 35.1 Å². The van der Waals surface area contributed by atoms with E-state index in [1.54, 1.807) is 0 Å². The van der Waals surface area contributed by atoms with Crippen molar-refractivity contribution in [3.63, 3.8) is 0 Å². The summed E-state index contributed by atoms with van der Waals surface area (Å²) in [4.78, 5) is 0. The molecule has 0 saturated carbocycles. The molecular weight excluding hydrogens is 246 g/mol. The smallest absolute Gasteiger partial charge is 0.0991 e. The van der Waals surface area contributed by atoms with Gasteiger partial charge in [0.2, 0.25) is 0 Å². The molecule has 3 rings (SSSR count). The Morgan fingerprint density at radius 1 is 1.10 bits per heavy atom. The summed E-state index contributed by atoms with van der Waals surface area (Å²) in [5.74, 6) is 0.512. The van der Waals surface area contributed by atoms with E-state index < -0.39 is 0 Å². The van der Waals surface area contributed by atoms with Gasteiger partial charge >= 0.3 is 0 Å². The zero-order valence-electron chi connectivity index (χ0n) is 11.5. The maximum atomic E-state index is 8.84. The zero-order valence-corrected chi connectivity index (χ0v) is 11.5. The third-order valence-electron chi connectivity index (χ3n) is 3.50. The molecule has 0 aliphatic carbocycles. The van der Waals surface area contributed by atoms with Crippen LogP contribution in [0.2, 0.25) is 0 Å². The molecule has 1 heterocycles. The van der Waals surface area contributed by atoms with Gasteiger partial charge in [0.1, 0.15) is 0 Å². The lowest BCUT2D eigenvalue weighted by atomic mass is 10.0. The lowest BCUT2D eigenvalue weighted by molar-refractivity contribution is 0.868. The van der Waals surface area contributed by atoms with Crippen LogP contribution in [-0.2, 0) is 0 Å². The fourth-order valence-corrected chi connectivity index (χ4v) is 2.29. The molecule has 0 aliphatic rings. The molecular formula is C17H15N3. The maximum Gasteiger partial charge on any atom is 0.0991 e. The Hall–Kier alpha value is -2.60. The molecule has 0 bridgehead atoms. The number of fused-ring (bicyclic) bond motifs is 1. The van der Waals surface area contributed by atoms with Gasteiger partial charge in [0, 0.05) is 5.39 Å². The Balaban J connectivity index is 2.10. The topological polar surface area (TPSA) is 41.6 Å². The van der Waals surface area contributed by atoms with Gasteiger partial charge in [-0.05, 0) is 47.9 Å². The van der Waals surface area contributed by atoms with E-state index in [2.05, 4.69) is 43.2 Å². The van der Waals surface area contributed by atoms with Crippen LogP contribution in [0.25, 0.3) is 16.6 Å². The number of aromatic nitrogens is 2. The molecule has 0 N–H and O–H groups in total. The zero-order chi connectivity index (χ0) is 14.1. The van der Waals surface area contributed by atoms with Crippen molar-refractivity contribution < 1.29 is 0 Å². The van der Waals surface area contributed by atoms with Gasteiger partial charge in [-0.3, -0.25) is 0 Å². The summed E-state index contributed by atoms with van der Waals surface area (Å²) < 4.78 is 1.90. The van der Waals surface area contributed by atoms with E-state index in [1.165, 1.54) is 5.56 Å². The van der Waals surface area contributed by atoms with Crippen LogP contribution in [0, 0.1) is 11.3 Å². The van der Waals surface area contributed by atoms with Crippen molar-refractivity contribution in [3.05, 3.63) is 59.8 Å². The van der Waals surface area contributed by atoms with Crippen molar-refractivity contribution in [2.24, 2.45) is 0 Å². The van der Waals surface area contributed by atoms with Crippen LogP contribution in [0.4, 0.5) is 0 Å². The molecule has 0 fully saturated rings. The van der Waals surface area contributed by atoms with Crippen LogP contribution in [0.3, 0.4) is 0 Å². The fraction of sp³-hybridized carbons (Fsp3) is 0.176. The molecule has 0 unspecified atom stereocenters. The van der Waals surface area contributed by atoms with E-state index in [0.717, 1.165) is 16.6 Å². The summed E-state index contributed by atoms with van der Waals surface area (Å²) in [6.45, 7) is 4.37. The molecule has 2 aromatic carbocycles. The van der Waals surface area contributed by atoms with Gasteiger partial charge in [0.05, 0.1) is 29.0 Å². The van der Waals surface area contributed by atoms with Crippen LogP contribution < -0.4 is 0 Å². The van der Waals surface area contributed by atoms with Gasteiger partial charge in [0.15, 0.2) is 0 Å². The van der Waals surface area contributed by atoms with Gasteiger partial charge in [-0.1, -0.05) is 19.9 Å². The Labute approximate surface area is 118 Å². The first-order valence-corrected chi connectivity index (χ1v) is 6.67. The quantitative estimate of drug-likeness (QED) is 0.699. The van der Waals surface area contributed by atoms with Crippen molar-refractivity contribution in [3.8, 4) is 11.8 Å². The highest BCUT2D eigenvalue weighted by molar-refractivity contribution is 5.81. The second-order valence-electron chi connectivity index (χ2n) is 5.19. The van der Waals surface area contributed by atoms with E-state index in [4.69, 9.17) is 5.26 Å². The molecule has 0 aliphatic heterocycles. The molecule has 0 amide bonds. The Morgan fingerprint density at radius 3 is 2.50 bits per heavy atom. The van der Waals surface area contributed by atoms with Crippen molar-refractivity contribution in [2.75, 3.05) is 0 Å². The number of nitrogens with zero attached hydrogens (tertiary/aromatic N) is 3. The molecule has 0 saturated heterocycles. The number of rotatable bonds is 2. The highest BCUT2D eigenvalue weighted by Gasteiger charge is 2.07. The summed E-state index contributed by atoms with van der Waals surface area (Å²) in [7, 11) is 0. The Morgan fingerprint density at radius 2 is 1.85 bits per heavy atom. The molecule has 0 atom stereocenters. The summed E-state index contributed by atoms with van der Waals surface area (Å²) in [5, 5.41) is 14.4. The van der Waals surface area contributed by atoms with Gasteiger partial charge in [0.25, 0.3) is 0 Å². The molecule has 98 valence electrons. The highest BCUT2D eigenvalue weighted by atomic mass is 15.3. The monoisotopic (exact) mass is 261 g/mol. The molecule has 3 aromatic rings. The van der Waals surface area contributed by atoms with Crippen molar-refractivity contribution >= 4 is 10.9 Å². The summed E-state index contributed by atoms with van der Waals surface area (Å²) in [6, 6.07) is 16.0. The minimum Gasteiger partial charge on any atom is -0.233 e. The van der Waals surface area contributed by atoms with Crippen molar-refractivity contribution in [2.45, 2.75) is 19.8 Å². The normalized spacial score (nSPS) is 10.9. The third-order valence-corrected chi connectivity index (χ3v) is 3.50. The third kappa shape index (κ3) is 2.06. The second-order valence-corrected chi connectivity index (χ2v) is 5.19. The first-order chi connectivity index (χ1) is 9.69. The number of benzene rings is 2. The van der Waals surface area contributed by atoms with Gasteiger partial charge in [-0.15, -0.1) is 0 Å². The van der Waals surface area contributed by atoms with E-state index in [0.29, 0.717) is 11.5 Å². The molecule has 3 heteroatoms. The van der Waals surface area contributed by atoms with Crippen LogP contribution in [0.5, 0.6) is 0 Å². The fourth-order valence-electron chi connectivity index (χ4n) is 2.29. The summed E-state index contributed by atoms with van der Waals surface area (Å²) in [6.07, 6.45) is 1.89. The largest absolute Gasteiger partial charge is 0.233 e. The standard InChI is InChI=1S/C17H15N3/c1-12(2)14-5-8-17-15(9-14)11-19-20(17)16-6-3-13(10-18)4-7-16/h3-9,11-12H,1-2H3. The molecule has 1 aromatic heterocycles. The SMILES string of the molecule is CC(C)c1ccc2c(cnn2-c2ccc(C#N)cc2)c1. The van der Waals surface area contributed by atoms with Gasteiger partial charge in [-0.25, -0.2) is 4.68 Å². The minimum atomic E-state index is 0.512. The van der Waals surface area contributed by atoms with Crippen molar-refractivity contribution in [1.82, 2.24) is 9.78 Å². The van der Waals surface area contributed by atoms with Crippen LogP contribution in [0.15, 0.2) is 48.7 Å². The molecule has 0 radical (unpaired) electrons. The van der Waals surface area contributed by atoms with Crippen LogP contribution in [0.1, 0.15) is 30.9 Å². The van der Waals surface area contributed by atoms with Gasteiger partial charge < -0.3 is 0 Å². The van der Waals surface area contributed by atoms with E-state index >= 15 is 0 Å². The van der Waals surface area contributed by atoms with Crippen LogP contribution >= 0.6 is 0 Å². The number of hydrogen-bond donors (Lipinski definition) is 0. The average molecular weight is 261 g/mol. The van der Waals surface area contributed by atoms with Crippen molar-refractivity contribution in [1.29, 1.82) is 5.26 Å². The summed E-state index contributed by atoms with van der Waals surface area (Å²) in [5.41, 5.74) is 4.03. The highest BCUT2D eigenvalue weighted by Crippen LogP contribution is 2.23. The minimum absolute atomic E-state index is 0.512. The Kier molecular flexibility index (Phi) is 3.00. The number of nitriles is 1. The molecule has 20 heavy (non-hydrogen) atoms. The van der Waals surface area contributed by atoms with Crippen LogP contribution in [-0.4, -0.2) is 9.78 Å². The first kappa shape index (κ1) is 12.4. The predicted molar refractivity (Wildman–Crippen MR) is 79.9 cm³/mol. The second kappa shape index (κ2) is 4.82. The van der Waals surface area contributed by atoms with Gasteiger partial charge in [-0.2, -0.15) is 10.4 Å².